The first-order valence-electron chi connectivity index (χ1n) is 4.38. The predicted octanol–water partition coefficient (Wildman–Crippen LogP) is 0.444. The van der Waals surface area contributed by atoms with Crippen molar-refractivity contribution in [3.05, 3.63) is 34.9 Å². The molecule has 0 saturated heterocycles. The molecule has 0 aromatic heterocycles. The average Bonchev–Trinajstić information content (AvgIpc) is 2.58. The second-order valence-corrected chi connectivity index (χ2v) is 3.39. The van der Waals surface area contributed by atoms with Crippen molar-refractivity contribution in [3.8, 4) is 0 Å². The molecule has 0 unspecified atom stereocenters. The van der Waals surface area contributed by atoms with Crippen molar-refractivity contribution >= 4 is 0 Å². The highest BCUT2D eigenvalue weighted by atomic mass is 16.3. The van der Waals surface area contributed by atoms with Crippen LogP contribution in [0.15, 0.2) is 18.2 Å². The van der Waals surface area contributed by atoms with E-state index in [1.54, 1.807) is 0 Å². The van der Waals surface area contributed by atoms with Gasteiger partial charge >= 0.3 is 0 Å². The van der Waals surface area contributed by atoms with Crippen LogP contribution in [0.25, 0.3) is 0 Å². The van der Waals surface area contributed by atoms with Crippen molar-refractivity contribution in [1.29, 1.82) is 0 Å². The molecule has 0 saturated carbocycles. The number of hydrogen-bond acceptors (Lipinski definition) is 3. The van der Waals surface area contributed by atoms with Crippen LogP contribution in [0.1, 0.15) is 16.7 Å². The zero-order valence-corrected chi connectivity index (χ0v) is 7.40. The van der Waals surface area contributed by atoms with E-state index in [2.05, 4.69) is 0 Å². The Balaban J connectivity index is 2.25. The Morgan fingerprint density at radius 1 is 1.15 bits per heavy atom. The summed E-state index contributed by atoms with van der Waals surface area (Å²) in [6, 6.07) is 5.96. The molecule has 0 amide bonds. The Kier molecular flexibility index (Phi) is 2.31. The van der Waals surface area contributed by atoms with Crippen molar-refractivity contribution in [1.82, 2.24) is 4.90 Å². The number of fused-ring (bicyclic) bond motifs is 1. The summed E-state index contributed by atoms with van der Waals surface area (Å²) in [6.07, 6.45) is 0. The lowest BCUT2D eigenvalue weighted by Crippen LogP contribution is -2.16. The average molecular weight is 179 g/mol. The first-order valence-corrected chi connectivity index (χ1v) is 4.38. The number of hydrogen-bond donors (Lipinski definition) is 2. The van der Waals surface area contributed by atoms with Gasteiger partial charge in [0.05, 0.1) is 13.3 Å². The van der Waals surface area contributed by atoms with E-state index in [1.165, 1.54) is 11.1 Å². The Morgan fingerprint density at radius 2 is 1.92 bits per heavy atom. The summed E-state index contributed by atoms with van der Waals surface area (Å²) < 4.78 is 0. The molecule has 0 spiro atoms. The van der Waals surface area contributed by atoms with E-state index in [0.717, 1.165) is 18.7 Å². The zero-order valence-electron chi connectivity index (χ0n) is 7.40. The molecule has 13 heavy (non-hydrogen) atoms. The van der Waals surface area contributed by atoms with Gasteiger partial charge in [0.2, 0.25) is 0 Å². The standard InChI is InChI=1S/C10H13NO2/c12-6-8-1-2-9-4-11(7-13)5-10(9)3-8/h1-3,12-13H,4-7H2. The first-order chi connectivity index (χ1) is 6.33. The molecule has 3 nitrogen and oxygen atoms in total. The van der Waals surface area contributed by atoms with Gasteiger partial charge in [-0.3, -0.25) is 4.90 Å². The molecular weight excluding hydrogens is 166 g/mol. The number of aliphatic hydroxyl groups excluding tert-OH is 2. The van der Waals surface area contributed by atoms with Gasteiger partial charge in [-0.15, -0.1) is 0 Å². The molecule has 70 valence electrons. The fourth-order valence-corrected chi connectivity index (χ4v) is 1.72. The fraction of sp³-hybridized carbons (Fsp3) is 0.400. The van der Waals surface area contributed by atoms with Crippen molar-refractivity contribution in [2.75, 3.05) is 6.73 Å². The summed E-state index contributed by atoms with van der Waals surface area (Å²) in [5.74, 6) is 0. The smallest absolute Gasteiger partial charge is 0.0962 e. The summed E-state index contributed by atoms with van der Waals surface area (Å²) in [7, 11) is 0. The molecule has 1 aromatic carbocycles. The Morgan fingerprint density at radius 3 is 2.62 bits per heavy atom. The van der Waals surface area contributed by atoms with Gasteiger partial charge in [-0.25, -0.2) is 0 Å². The van der Waals surface area contributed by atoms with E-state index in [1.807, 2.05) is 23.1 Å². The summed E-state index contributed by atoms with van der Waals surface area (Å²) in [5, 5.41) is 17.9. The van der Waals surface area contributed by atoms with Gasteiger partial charge in [0.15, 0.2) is 0 Å². The summed E-state index contributed by atoms with van der Waals surface area (Å²) >= 11 is 0. The van der Waals surface area contributed by atoms with Crippen LogP contribution in [-0.4, -0.2) is 21.8 Å². The molecule has 0 atom stereocenters. The lowest BCUT2D eigenvalue weighted by atomic mass is 10.1. The van der Waals surface area contributed by atoms with E-state index < -0.39 is 0 Å². The van der Waals surface area contributed by atoms with E-state index in [9.17, 15) is 0 Å². The van der Waals surface area contributed by atoms with Crippen LogP contribution >= 0.6 is 0 Å². The van der Waals surface area contributed by atoms with Crippen molar-refractivity contribution < 1.29 is 10.2 Å². The highest BCUT2D eigenvalue weighted by Gasteiger charge is 2.17. The van der Waals surface area contributed by atoms with Crippen molar-refractivity contribution in [2.24, 2.45) is 0 Å². The van der Waals surface area contributed by atoms with Crippen LogP contribution < -0.4 is 0 Å². The Labute approximate surface area is 77.2 Å². The number of aliphatic hydroxyl groups is 2. The fourth-order valence-electron chi connectivity index (χ4n) is 1.72. The van der Waals surface area contributed by atoms with Gasteiger partial charge in [-0.2, -0.15) is 0 Å². The normalized spacial score (nSPS) is 16.2. The quantitative estimate of drug-likeness (QED) is 0.692. The van der Waals surface area contributed by atoms with Crippen LogP contribution in [0.2, 0.25) is 0 Å². The SMILES string of the molecule is OCc1ccc2c(c1)CN(CO)C2. The van der Waals surface area contributed by atoms with E-state index in [0.29, 0.717) is 0 Å². The van der Waals surface area contributed by atoms with Crippen LogP contribution in [0.4, 0.5) is 0 Å². The number of rotatable bonds is 2. The van der Waals surface area contributed by atoms with E-state index in [4.69, 9.17) is 10.2 Å². The lowest BCUT2D eigenvalue weighted by molar-refractivity contribution is 0.106. The monoisotopic (exact) mass is 179 g/mol. The minimum Gasteiger partial charge on any atom is -0.392 e. The highest BCUT2D eigenvalue weighted by molar-refractivity contribution is 5.34. The molecule has 0 aliphatic carbocycles. The second kappa shape index (κ2) is 3.46. The molecule has 0 fully saturated rings. The molecule has 3 heteroatoms. The third-order valence-corrected chi connectivity index (χ3v) is 2.44. The predicted molar refractivity (Wildman–Crippen MR) is 48.7 cm³/mol. The largest absolute Gasteiger partial charge is 0.392 e. The van der Waals surface area contributed by atoms with Crippen LogP contribution in [0.5, 0.6) is 0 Å². The first kappa shape index (κ1) is 8.69. The molecule has 2 N–H and O–H groups in total. The van der Waals surface area contributed by atoms with Gasteiger partial charge in [-0.1, -0.05) is 18.2 Å². The van der Waals surface area contributed by atoms with Gasteiger partial charge in [0, 0.05) is 13.1 Å². The summed E-state index contributed by atoms with van der Waals surface area (Å²) in [6.45, 7) is 1.80. The molecule has 0 bridgehead atoms. The van der Waals surface area contributed by atoms with Crippen LogP contribution in [0, 0.1) is 0 Å². The zero-order chi connectivity index (χ0) is 9.26. The van der Waals surface area contributed by atoms with Gasteiger partial charge in [0.1, 0.15) is 0 Å². The third-order valence-electron chi connectivity index (χ3n) is 2.44. The van der Waals surface area contributed by atoms with Crippen LogP contribution in [-0.2, 0) is 19.7 Å². The van der Waals surface area contributed by atoms with E-state index >= 15 is 0 Å². The molecule has 1 aliphatic heterocycles. The third kappa shape index (κ3) is 1.58. The maximum Gasteiger partial charge on any atom is 0.0962 e. The maximum absolute atomic E-state index is 8.94. The molecule has 1 aliphatic rings. The Hall–Kier alpha value is -0.900. The molecule has 2 rings (SSSR count). The molecule has 0 radical (unpaired) electrons. The van der Waals surface area contributed by atoms with Gasteiger partial charge in [-0.05, 0) is 16.7 Å². The minimum absolute atomic E-state index is 0.0897. The summed E-state index contributed by atoms with van der Waals surface area (Å²) in [5.41, 5.74) is 3.42. The van der Waals surface area contributed by atoms with Crippen molar-refractivity contribution in [3.63, 3.8) is 0 Å². The van der Waals surface area contributed by atoms with Gasteiger partial charge < -0.3 is 10.2 Å². The second-order valence-electron chi connectivity index (χ2n) is 3.39. The molecule has 1 aromatic rings. The number of benzene rings is 1. The Bertz CT molecular complexity index is 312. The topological polar surface area (TPSA) is 43.7 Å². The number of nitrogens with zero attached hydrogens (tertiary/aromatic N) is 1. The summed E-state index contributed by atoms with van der Waals surface area (Å²) in [4.78, 5) is 1.95. The molecule has 1 heterocycles. The van der Waals surface area contributed by atoms with E-state index in [-0.39, 0.29) is 13.3 Å². The maximum atomic E-state index is 8.94. The van der Waals surface area contributed by atoms with Gasteiger partial charge in [0.25, 0.3) is 0 Å². The minimum atomic E-state index is 0.0897. The molecular formula is C10H13NO2. The lowest BCUT2D eigenvalue weighted by Gasteiger charge is -2.08. The highest BCUT2D eigenvalue weighted by Crippen LogP contribution is 2.22. The van der Waals surface area contributed by atoms with Crippen LogP contribution in [0.3, 0.4) is 0 Å². The van der Waals surface area contributed by atoms with Crippen molar-refractivity contribution in [2.45, 2.75) is 19.7 Å².